The van der Waals surface area contributed by atoms with E-state index < -0.39 is 29.8 Å². The molecular formula is C14H10F5NO. The average molecular weight is 303 g/mol. The first-order valence-electron chi connectivity index (χ1n) is 5.82. The van der Waals surface area contributed by atoms with E-state index in [1.165, 1.54) is 30.3 Å². The highest BCUT2D eigenvalue weighted by Crippen LogP contribution is 2.28. The molecule has 0 aliphatic carbocycles. The Morgan fingerprint density at radius 1 is 0.905 bits per heavy atom. The molecule has 2 aromatic carbocycles. The van der Waals surface area contributed by atoms with Gasteiger partial charge >= 0.3 is 6.36 Å². The molecule has 0 aliphatic heterocycles. The lowest BCUT2D eigenvalue weighted by Crippen LogP contribution is -2.18. The molecule has 0 bridgehead atoms. The van der Waals surface area contributed by atoms with Crippen LogP contribution in [0.2, 0.25) is 0 Å². The summed E-state index contributed by atoms with van der Waals surface area (Å²) in [4.78, 5) is 0. The highest BCUT2D eigenvalue weighted by Gasteiger charge is 2.32. The summed E-state index contributed by atoms with van der Waals surface area (Å²) in [5, 5.41) is 0. The van der Waals surface area contributed by atoms with Gasteiger partial charge in [0.25, 0.3) is 0 Å². The van der Waals surface area contributed by atoms with Crippen LogP contribution in [0.15, 0.2) is 42.5 Å². The van der Waals surface area contributed by atoms with Crippen molar-refractivity contribution < 1.29 is 26.7 Å². The summed E-state index contributed by atoms with van der Waals surface area (Å²) >= 11 is 0. The largest absolute Gasteiger partial charge is 0.573 e. The molecular weight excluding hydrogens is 293 g/mol. The van der Waals surface area contributed by atoms with E-state index in [0.717, 1.165) is 12.1 Å². The van der Waals surface area contributed by atoms with Gasteiger partial charge in [0, 0.05) is 0 Å². The maximum atomic E-state index is 13.6. The van der Waals surface area contributed by atoms with Crippen molar-refractivity contribution in [2.75, 3.05) is 0 Å². The van der Waals surface area contributed by atoms with Crippen LogP contribution in [0.5, 0.6) is 5.75 Å². The number of ether oxygens (including phenoxy) is 1. The van der Waals surface area contributed by atoms with Crippen LogP contribution < -0.4 is 10.5 Å². The summed E-state index contributed by atoms with van der Waals surface area (Å²) in [6.45, 7) is 0. The predicted octanol–water partition coefficient (Wildman–Crippen LogP) is 3.91. The molecule has 2 aromatic rings. The van der Waals surface area contributed by atoms with E-state index in [0.29, 0.717) is 5.56 Å². The van der Waals surface area contributed by atoms with Crippen LogP contribution in [0.4, 0.5) is 22.0 Å². The van der Waals surface area contributed by atoms with E-state index in [2.05, 4.69) is 4.74 Å². The fourth-order valence-electron chi connectivity index (χ4n) is 1.78. The SMILES string of the molecule is N[C@@H](c1ccc(F)cc1)c1ccc(OC(F)(F)F)c(F)c1. The van der Waals surface area contributed by atoms with Gasteiger partial charge in [0.2, 0.25) is 0 Å². The van der Waals surface area contributed by atoms with E-state index in [1.54, 1.807) is 0 Å². The molecule has 0 fully saturated rings. The summed E-state index contributed by atoms with van der Waals surface area (Å²) < 4.78 is 66.0. The third-order valence-corrected chi connectivity index (χ3v) is 2.77. The highest BCUT2D eigenvalue weighted by molar-refractivity contribution is 5.36. The first kappa shape index (κ1) is 15.2. The molecule has 0 amide bonds. The highest BCUT2D eigenvalue weighted by atomic mass is 19.4. The second-order valence-electron chi connectivity index (χ2n) is 4.27. The van der Waals surface area contributed by atoms with Crippen molar-refractivity contribution in [1.29, 1.82) is 0 Å². The number of nitrogens with two attached hydrogens (primary N) is 1. The minimum atomic E-state index is -4.97. The third kappa shape index (κ3) is 3.91. The lowest BCUT2D eigenvalue weighted by molar-refractivity contribution is -0.275. The van der Waals surface area contributed by atoms with E-state index in [4.69, 9.17) is 5.73 Å². The zero-order valence-electron chi connectivity index (χ0n) is 10.5. The summed E-state index contributed by atoms with van der Waals surface area (Å²) in [7, 11) is 0. The number of alkyl halides is 3. The zero-order valence-corrected chi connectivity index (χ0v) is 10.5. The van der Waals surface area contributed by atoms with Gasteiger partial charge < -0.3 is 10.5 Å². The smallest absolute Gasteiger partial charge is 0.403 e. The fraction of sp³-hybridized carbons (Fsp3) is 0.143. The van der Waals surface area contributed by atoms with E-state index in [1.807, 2.05) is 0 Å². The Labute approximate surface area is 116 Å². The number of rotatable bonds is 3. The first-order chi connectivity index (χ1) is 9.76. The molecule has 0 radical (unpaired) electrons. The molecule has 0 aliphatic rings. The quantitative estimate of drug-likeness (QED) is 0.873. The van der Waals surface area contributed by atoms with Crippen LogP contribution in [0.25, 0.3) is 0 Å². The van der Waals surface area contributed by atoms with E-state index >= 15 is 0 Å². The van der Waals surface area contributed by atoms with Crippen molar-refractivity contribution in [3.05, 3.63) is 65.2 Å². The Morgan fingerprint density at radius 3 is 2.00 bits per heavy atom. The lowest BCUT2D eigenvalue weighted by atomic mass is 9.99. The maximum absolute atomic E-state index is 13.6. The average Bonchev–Trinajstić information content (AvgIpc) is 2.40. The fourth-order valence-corrected chi connectivity index (χ4v) is 1.78. The van der Waals surface area contributed by atoms with Crippen LogP contribution >= 0.6 is 0 Å². The number of benzene rings is 2. The van der Waals surface area contributed by atoms with Gasteiger partial charge in [-0.25, -0.2) is 8.78 Å². The Kier molecular flexibility index (Phi) is 4.13. The number of hydrogen-bond acceptors (Lipinski definition) is 2. The molecule has 0 saturated heterocycles. The van der Waals surface area contributed by atoms with Crippen LogP contribution in [0, 0.1) is 11.6 Å². The Balaban J connectivity index is 2.25. The monoisotopic (exact) mass is 303 g/mol. The Bertz CT molecular complexity index is 624. The molecule has 0 aromatic heterocycles. The van der Waals surface area contributed by atoms with Crippen LogP contribution in [0.3, 0.4) is 0 Å². The van der Waals surface area contributed by atoms with Gasteiger partial charge in [-0.15, -0.1) is 13.2 Å². The van der Waals surface area contributed by atoms with Crippen LogP contribution in [0.1, 0.15) is 17.2 Å². The minimum Gasteiger partial charge on any atom is -0.403 e. The molecule has 0 unspecified atom stereocenters. The summed E-state index contributed by atoms with van der Waals surface area (Å²) in [6, 6.07) is 7.34. The summed E-state index contributed by atoms with van der Waals surface area (Å²) in [6.07, 6.45) is -4.97. The van der Waals surface area contributed by atoms with Gasteiger partial charge in [-0.3, -0.25) is 0 Å². The van der Waals surface area contributed by atoms with Gasteiger partial charge in [0.1, 0.15) is 5.82 Å². The Hall–Kier alpha value is -2.15. The molecule has 2 rings (SSSR count). The second kappa shape index (κ2) is 5.69. The molecule has 0 heterocycles. The molecule has 1 atom stereocenters. The number of halogens is 5. The molecule has 21 heavy (non-hydrogen) atoms. The normalized spacial score (nSPS) is 13.0. The van der Waals surface area contributed by atoms with Crippen molar-refractivity contribution >= 4 is 0 Å². The number of hydrogen-bond donors (Lipinski definition) is 1. The van der Waals surface area contributed by atoms with Gasteiger partial charge in [-0.2, -0.15) is 0 Å². The summed E-state index contributed by atoms with van der Waals surface area (Å²) in [5.41, 5.74) is 6.60. The van der Waals surface area contributed by atoms with Crippen molar-refractivity contribution in [3.8, 4) is 5.75 Å². The maximum Gasteiger partial charge on any atom is 0.573 e. The minimum absolute atomic E-state index is 0.244. The zero-order chi connectivity index (χ0) is 15.6. The molecule has 2 N–H and O–H groups in total. The van der Waals surface area contributed by atoms with Gasteiger partial charge in [0.15, 0.2) is 11.6 Å². The van der Waals surface area contributed by atoms with Crippen molar-refractivity contribution in [1.82, 2.24) is 0 Å². The van der Waals surface area contributed by atoms with Crippen molar-refractivity contribution in [2.45, 2.75) is 12.4 Å². The molecule has 0 spiro atoms. The van der Waals surface area contributed by atoms with Gasteiger partial charge in [-0.1, -0.05) is 18.2 Å². The molecule has 2 nitrogen and oxygen atoms in total. The van der Waals surface area contributed by atoms with Crippen LogP contribution in [-0.2, 0) is 0 Å². The van der Waals surface area contributed by atoms with Crippen molar-refractivity contribution in [2.24, 2.45) is 5.73 Å². The molecule has 112 valence electrons. The predicted molar refractivity (Wildman–Crippen MR) is 65.5 cm³/mol. The molecule has 0 saturated carbocycles. The lowest BCUT2D eigenvalue weighted by Gasteiger charge is -2.15. The molecule has 7 heteroatoms. The third-order valence-electron chi connectivity index (χ3n) is 2.77. The second-order valence-corrected chi connectivity index (χ2v) is 4.27. The van der Waals surface area contributed by atoms with Gasteiger partial charge in [0.05, 0.1) is 6.04 Å². The topological polar surface area (TPSA) is 35.2 Å². The Morgan fingerprint density at radius 2 is 1.48 bits per heavy atom. The standard InChI is InChI=1S/C14H10F5NO/c15-10-4-1-8(2-5-10)13(20)9-3-6-12(11(16)7-9)21-14(17,18)19/h1-7,13H,20H2/t13-/m0/s1. The van der Waals surface area contributed by atoms with Crippen molar-refractivity contribution in [3.63, 3.8) is 0 Å². The van der Waals surface area contributed by atoms with Crippen LogP contribution in [-0.4, -0.2) is 6.36 Å². The first-order valence-corrected chi connectivity index (χ1v) is 5.82. The van der Waals surface area contributed by atoms with E-state index in [9.17, 15) is 22.0 Å². The van der Waals surface area contributed by atoms with E-state index in [-0.39, 0.29) is 5.56 Å². The van der Waals surface area contributed by atoms with Gasteiger partial charge in [-0.05, 0) is 35.4 Å². The summed E-state index contributed by atoms with van der Waals surface area (Å²) in [5.74, 6) is -2.56.